The molecular weight excluding hydrogens is 392 g/mol. The number of carbonyl (C=O) groups excluding carboxylic acids is 2. The molecule has 4 aromatic rings. The Hall–Kier alpha value is -3.38. The van der Waals surface area contributed by atoms with Crippen LogP contribution in [0.4, 0.5) is 5.69 Å². The van der Waals surface area contributed by atoms with Gasteiger partial charge in [-0.2, -0.15) is 0 Å². The van der Waals surface area contributed by atoms with Crippen molar-refractivity contribution in [1.29, 1.82) is 0 Å². The quantitative estimate of drug-likeness (QED) is 0.380. The van der Waals surface area contributed by atoms with Crippen molar-refractivity contribution in [2.24, 2.45) is 0 Å². The Labute approximate surface area is 171 Å². The van der Waals surface area contributed by atoms with E-state index >= 15 is 0 Å². The molecule has 0 aliphatic rings. The maximum absolute atomic E-state index is 12.4. The van der Waals surface area contributed by atoms with Crippen LogP contribution in [0.2, 0.25) is 5.15 Å². The zero-order valence-electron chi connectivity index (χ0n) is 15.5. The Balaban J connectivity index is 1.48. The fraction of sp³-hybridized carbons (Fsp3) is 0.136. The van der Waals surface area contributed by atoms with Gasteiger partial charge in [-0.1, -0.05) is 41.9 Å². The molecule has 1 atom stereocenters. The van der Waals surface area contributed by atoms with E-state index in [1.807, 2.05) is 36.4 Å². The highest BCUT2D eigenvalue weighted by Crippen LogP contribution is 2.30. The van der Waals surface area contributed by atoms with Gasteiger partial charge in [0.15, 0.2) is 11.3 Å². The summed E-state index contributed by atoms with van der Waals surface area (Å²) in [6.45, 7) is 1.50. The van der Waals surface area contributed by atoms with Crippen LogP contribution in [0, 0.1) is 0 Å². The minimum absolute atomic E-state index is 0.00766. The second kappa shape index (κ2) is 7.93. The van der Waals surface area contributed by atoms with Gasteiger partial charge in [0.1, 0.15) is 5.58 Å². The topological polar surface area (TPSA) is 81.4 Å². The van der Waals surface area contributed by atoms with Crippen LogP contribution in [0.3, 0.4) is 0 Å². The zero-order valence-corrected chi connectivity index (χ0v) is 16.3. The minimum atomic E-state index is -0.992. The van der Waals surface area contributed by atoms with Crippen LogP contribution in [0.5, 0.6) is 0 Å². The molecule has 29 heavy (non-hydrogen) atoms. The molecular formula is C22H17ClN2O4. The summed E-state index contributed by atoms with van der Waals surface area (Å²) < 4.78 is 10.9. The lowest BCUT2D eigenvalue weighted by Gasteiger charge is -2.13. The van der Waals surface area contributed by atoms with E-state index in [2.05, 4.69) is 10.3 Å². The van der Waals surface area contributed by atoms with Crippen LogP contribution in [0.25, 0.3) is 21.7 Å². The van der Waals surface area contributed by atoms with E-state index < -0.39 is 18.0 Å². The molecule has 0 aliphatic carbocycles. The molecule has 0 saturated carbocycles. The Morgan fingerprint density at radius 3 is 2.83 bits per heavy atom. The maximum atomic E-state index is 12.4. The lowest BCUT2D eigenvalue weighted by Crippen LogP contribution is -2.30. The van der Waals surface area contributed by atoms with Gasteiger partial charge in [0, 0.05) is 17.1 Å². The fourth-order valence-corrected chi connectivity index (χ4v) is 3.33. The van der Waals surface area contributed by atoms with E-state index in [-0.39, 0.29) is 11.6 Å². The average molecular weight is 409 g/mol. The van der Waals surface area contributed by atoms with Crippen LogP contribution in [0.1, 0.15) is 12.5 Å². The zero-order chi connectivity index (χ0) is 20.4. The van der Waals surface area contributed by atoms with Gasteiger partial charge in [-0.05, 0) is 35.9 Å². The van der Waals surface area contributed by atoms with Gasteiger partial charge in [0.25, 0.3) is 5.91 Å². The number of halogens is 1. The number of furan rings is 1. The number of aromatic nitrogens is 1. The highest BCUT2D eigenvalue weighted by Gasteiger charge is 2.21. The number of benzene rings is 2. The van der Waals surface area contributed by atoms with Gasteiger partial charge in [-0.15, -0.1) is 0 Å². The summed E-state index contributed by atoms with van der Waals surface area (Å²) in [5, 5.41) is 5.69. The third-order valence-corrected chi connectivity index (χ3v) is 4.87. The van der Waals surface area contributed by atoms with E-state index in [1.165, 1.54) is 13.1 Å². The van der Waals surface area contributed by atoms with Crippen molar-refractivity contribution in [2.75, 3.05) is 5.32 Å². The van der Waals surface area contributed by atoms with Gasteiger partial charge in [-0.3, -0.25) is 9.59 Å². The molecule has 2 aromatic heterocycles. The summed E-state index contributed by atoms with van der Waals surface area (Å²) >= 11 is 5.93. The fourth-order valence-electron chi connectivity index (χ4n) is 3.17. The van der Waals surface area contributed by atoms with E-state index in [0.717, 1.165) is 16.2 Å². The normalized spacial score (nSPS) is 12.1. The number of rotatable bonds is 5. The second-order valence-electron chi connectivity index (χ2n) is 6.56. The minimum Gasteiger partial charge on any atom is -0.464 e. The van der Waals surface area contributed by atoms with Gasteiger partial charge in [-0.25, -0.2) is 4.98 Å². The summed E-state index contributed by atoms with van der Waals surface area (Å²) in [5.41, 5.74) is 1.77. The number of nitrogens with one attached hydrogen (secondary N) is 1. The number of amides is 1. The SMILES string of the molecule is C[C@H](OC(=O)Cc1coc2ccc3ccccc3c12)C(=O)Nc1cccnc1Cl. The molecule has 0 spiro atoms. The van der Waals surface area contributed by atoms with Crippen molar-refractivity contribution in [3.05, 3.63) is 71.7 Å². The van der Waals surface area contributed by atoms with Crippen LogP contribution >= 0.6 is 11.6 Å². The maximum Gasteiger partial charge on any atom is 0.311 e. The number of carbonyl (C=O) groups is 2. The molecule has 1 amide bonds. The van der Waals surface area contributed by atoms with Crippen LogP contribution in [-0.2, 0) is 20.7 Å². The highest BCUT2D eigenvalue weighted by atomic mass is 35.5. The highest BCUT2D eigenvalue weighted by molar-refractivity contribution is 6.32. The molecule has 0 radical (unpaired) electrons. The molecule has 6 nitrogen and oxygen atoms in total. The van der Waals surface area contributed by atoms with E-state index in [9.17, 15) is 9.59 Å². The van der Waals surface area contributed by atoms with Crippen molar-refractivity contribution >= 4 is 50.9 Å². The molecule has 0 aliphatic heterocycles. The van der Waals surface area contributed by atoms with Gasteiger partial charge in [0.05, 0.1) is 18.4 Å². The van der Waals surface area contributed by atoms with Crippen molar-refractivity contribution in [3.8, 4) is 0 Å². The third-order valence-electron chi connectivity index (χ3n) is 4.57. The predicted octanol–water partition coefficient (Wildman–Crippen LogP) is 4.75. The first-order valence-corrected chi connectivity index (χ1v) is 9.39. The van der Waals surface area contributed by atoms with Crippen molar-refractivity contribution in [1.82, 2.24) is 4.98 Å². The van der Waals surface area contributed by atoms with Gasteiger partial charge >= 0.3 is 5.97 Å². The van der Waals surface area contributed by atoms with Crippen molar-refractivity contribution in [3.63, 3.8) is 0 Å². The molecule has 1 N–H and O–H groups in total. The number of ether oxygens (including phenoxy) is 1. The number of hydrogen-bond donors (Lipinski definition) is 1. The molecule has 0 unspecified atom stereocenters. The Morgan fingerprint density at radius 2 is 2.00 bits per heavy atom. The van der Waals surface area contributed by atoms with E-state index in [1.54, 1.807) is 18.4 Å². The number of nitrogens with zero attached hydrogens (tertiary/aromatic N) is 1. The summed E-state index contributed by atoms with van der Waals surface area (Å²) in [5.74, 6) is -1.02. The average Bonchev–Trinajstić information content (AvgIpc) is 3.12. The van der Waals surface area contributed by atoms with Crippen molar-refractivity contribution < 1.29 is 18.7 Å². The first-order chi connectivity index (χ1) is 14.0. The smallest absolute Gasteiger partial charge is 0.311 e. The largest absolute Gasteiger partial charge is 0.464 e. The Morgan fingerprint density at radius 1 is 1.17 bits per heavy atom. The molecule has 7 heteroatoms. The molecule has 2 aromatic carbocycles. The second-order valence-corrected chi connectivity index (χ2v) is 6.92. The summed E-state index contributed by atoms with van der Waals surface area (Å²) in [6, 6.07) is 15.0. The molecule has 146 valence electrons. The number of fused-ring (bicyclic) bond motifs is 3. The number of pyridine rings is 1. The van der Waals surface area contributed by atoms with Crippen molar-refractivity contribution in [2.45, 2.75) is 19.4 Å². The number of esters is 1. The summed E-state index contributed by atoms with van der Waals surface area (Å²) in [6.07, 6.45) is 2.07. The van der Waals surface area contributed by atoms with Crippen LogP contribution in [0.15, 0.2) is 65.4 Å². The molecule has 0 fully saturated rings. The Kier molecular flexibility index (Phi) is 5.18. The first-order valence-electron chi connectivity index (χ1n) is 9.01. The molecule has 0 saturated heterocycles. The summed E-state index contributed by atoms with van der Waals surface area (Å²) in [4.78, 5) is 28.6. The van der Waals surface area contributed by atoms with E-state index in [0.29, 0.717) is 16.8 Å². The van der Waals surface area contributed by atoms with Crippen LogP contribution < -0.4 is 5.32 Å². The van der Waals surface area contributed by atoms with E-state index in [4.69, 9.17) is 20.8 Å². The van der Waals surface area contributed by atoms with Gasteiger partial charge < -0.3 is 14.5 Å². The molecule has 4 rings (SSSR count). The lowest BCUT2D eigenvalue weighted by molar-refractivity contribution is -0.152. The number of anilines is 1. The Bertz CT molecular complexity index is 1220. The predicted molar refractivity (Wildman–Crippen MR) is 111 cm³/mol. The first kappa shape index (κ1) is 19.0. The standard InChI is InChI=1S/C22H17ClN2O4/c1-13(22(27)25-17-7-4-10-24-21(17)23)29-19(26)11-15-12-28-18-9-8-14-5-2-3-6-16(14)20(15)18/h2-10,12-13H,11H2,1H3,(H,25,27)/t13-/m0/s1. The molecule has 2 heterocycles. The number of hydrogen-bond acceptors (Lipinski definition) is 5. The van der Waals surface area contributed by atoms with Crippen LogP contribution in [-0.4, -0.2) is 23.0 Å². The monoisotopic (exact) mass is 408 g/mol. The van der Waals surface area contributed by atoms with Gasteiger partial charge in [0.2, 0.25) is 0 Å². The lowest BCUT2D eigenvalue weighted by atomic mass is 10.0. The summed E-state index contributed by atoms with van der Waals surface area (Å²) in [7, 11) is 0. The molecule has 0 bridgehead atoms. The third kappa shape index (κ3) is 3.93.